The first kappa shape index (κ1) is 12.6. The summed E-state index contributed by atoms with van der Waals surface area (Å²) in [5.41, 5.74) is 5.67. The largest absolute Gasteiger partial charge is 0.340 e. The van der Waals surface area contributed by atoms with E-state index in [2.05, 4.69) is 0 Å². The molecule has 88 valence electrons. The highest BCUT2D eigenvalue weighted by atomic mass is 19.1. The van der Waals surface area contributed by atoms with E-state index in [1.807, 2.05) is 0 Å². The summed E-state index contributed by atoms with van der Waals surface area (Å²) >= 11 is 0. The number of nitrogens with zero attached hydrogens (tertiary/aromatic N) is 1. The molecule has 1 rings (SSSR count). The van der Waals surface area contributed by atoms with Crippen molar-refractivity contribution in [3.63, 3.8) is 0 Å². The van der Waals surface area contributed by atoms with E-state index in [-0.39, 0.29) is 18.0 Å². The Bertz CT molecular complexity index is 394. The maximum atomic E-state index is 13.3. The van der Waals surface area contributed by atoms with Crippen molar-refractivity contribution in [2.45, 2.75) is 19.5 Å². The lowest BCUT2D eigenvalue weighted by Crippen LogP contribution is -2.39. The van der Waals surface area contributed by atoms with Crippen LogP contribution < -0.4 is 5.73 Å². The van der Waals surface area contributed by atoms with Crippen molar-refractivity contribution in [1.82, 2.24) is 4.90 Å². The van der Waals surface area contributed by atoms with E-state index in [9.17, 15) is 13.6 Å². The number of nitrogens with two attached hydrogens (primary N) is 1. The van der Waals surface area contributed by atoms with Crippen molar-refractivity contribution < 1.29 is 13.6 Å². The molecule has 1 aromatic rings. The summed E-state index contributed by atoms with van der Waals surface area (Å²) in [6.07, 6.45) is 0. The molecule has 0 aromatic heterocycles. The van der Waals surface area contributed by atoms with Crippen molar-refractivity contribution in [3.8, 4) is 0 Å². The predicted molar refractivity (Wildman–Crippen MR) is 56.5 cm³/mol. The van der Waals surface area contributed by atoms with Crippen LogP contribution in [0.15, 0.2) is 18.2 Å². The van der Waals surface area contributed by atoms with E-state index >= 15 is 0 Å². The summed E-state index contributed by atoms with van der Waals surface area (Å²) in [6, 6.07) is 2.63. The highest BCUT2D eigenvalue weighted by Gasteiger charge is 2.15. The van der Waals surface area contributed by atoms with Crippen molar-refractivity contribution in [3.05, 3.63) is 35.4 Å². The first-order valence-electron chi connectivity index (χ1n) is 4.86. The molecule has 0 bridgehead atoms. The van der Waals surface area contributed by atoms with Gasteiger partial charge in [0.05, 0.1) is 6.04 Å². The lowest BCUT2D eigenvalue weighted by molar-refractivity contribution is -0.131. The summed E-state index contributed by atoms with van der Waals surface area (Å²) in [5, 5.41) is 0. The number of hydrogen-bond donors (Lipinski definition) is 1. The molecule has 1 aromatic carbocycles. The Morgan fingerprint density at radius 2 is 2.12 bits per heavy atom. The molecule has 0 saturated heterocycles. The number of carbonyl (C=O) groups excluding carboxylic acids is 1. The Balaban J connectivity index is 2.77. The first-order valence-corrected chi connectivity index (χ1v) is 4.86. The molecular formula is C11H14F2N2O. The zero-order chi connectivity index (χ0) is 12.3. The summed E-state index contributed by atoms with van der Waals surface area (Å²) in [7, 11) is 1.52. The zero-order valence-corrected chi connectivity index (χ0v) is 9.21. The molecule has 2 N–H and O–H groups in total. The number of rotatable bonds is 3. The van der Waals surface area contributed by atoms with Gasteiger partial charge in [-0.1, -0.05) is 6.07 Å². The average molecular weight is 228 g/mol. The Kier molecular flexibility index (Phi) is 3.95. The number of carbonyl (C=O) groups is 1. The van der Waals surface area contributed by atoms with Gasteiger partial charge in [0.2, 0.25) is 5.91 Å². The number of amides is 1. The van der Waals surface area contributed by atoms with Crippen LogP contribution in [0.2, 0.25) is 0 Å². The molecule has 0 aliphatic heterocycles. The second kappa shape index (κ2) is 5.03. The molecular weight excluding hydrogens is 214 g/mol. The highest BCUT2D eigenvalue weighted by molar-refractivity contribution is 5.80. The molecule has 16 heavy (non-hydrogen) atoms. The molecule has 1 amide bonds. The topological polar surface area (TPSA) is 46.3 Å². The minimum atomic E-state index is -0.663. The average Bonchev–Trinajstić information content (AvgIpc) is 2.20. The van der Waals surface area contributed by atoms with Gasteiger partial charge in [-0.25, -0.2) is 8.78 Å². The van der Waals surface area contributed by atoms with Crippen molar-refractivity contribution in [1.29, 1.82) is 0 Å². The predicted octanol–water partition coefficient (Wildman–Crippen LogP) is 1.27. The molecule has 0 unspecified atom stereocenters. The van der Waals surface area contributed by atoms with Gasteiger partial charge in [0.1, 0.15) is 11.6 Å². The van der Waals surface area contributed by atoms with E-state index in [0.717, 1.165) is 12.1 Å². The second-order valence-corrected chi connectivity index (χ2v) is 3.72. The minimum Gasteiger partial charge on any atom is -0.340 e. The molecule has 1 atom stereocenters. The summed E-state index contributed by atoms with van der Waals surface area (Å²) in [4.78, 5) is 12.7. The lowest BCUT2D eigenvalue weighted by Gasteiger charge is -2.19. The summed E-state index contributed by atoms with van der Waals surface area (Å²) in [6.45, 7) is 1.63. The minimum absolute atomic E-state index is 0.0759. The van der Waals surface area contributed by atoms with Crippen LogP contribution in [0, 0.1) is 11.6 Å². The summed E-state index contributed by atoms with van der Waals surface area (Å²) < 4.78 is 25.9. The Hall–Kier alpha value is -1.49. The van der Waals surface area contributed by atoms with Crippen LogP contribution >= 0.6 is 0 Å². The van der Waals surface area contributed by atoms with E-state index in [4.69, 9.17) is 5.73 Å². The Morgan fingerprint density at radius 1 is 1.50 bits per heavy atom. The second-order valence-electron chi connectivity index (χ2n) is 3.72. The molecule has 0 fully saturated rings. The number of hydrogen-bond acceptors (Lipinski definition) is 2. The first-order chi connectivity index (χ1) is 7.41. The highest BCUT2D eigenvalue weighted by Crippen LogP contribution is 2.11. The number of likely N-dealkylation sites (N-methyl/N-ethyl adjacent to an activating group) is 1. The van der Waals surface area contributed by atoms with Crippen LogP contribution in [0.3, 0.4) is 0 Å². The standard InChI is InChI=1S/C11H14F2N2O/c1-7(14)11(16)15(2)6-8-3-4-9(12)5-10(8)13/h3-5,7H,6,14H2,1-2H3/t7-/m1/s1. The van der Waals surface area contributed by atoms with E-state index in [0.29, 0.717) is 0 Å². The van der Waals surface area contributed by atoms with Gasteiger partial charge in [-0.3, -0.25) is 4.79 Å². The quantitative estimate of drug-likeness (QED) is 0.846. The maximum absolute atomic E-state index is 13.3. The van der Waals surface area contributed by atoms with Crippen LogP contribution in [0.25, 0.3) is 0 Å². The lowest BCUT2D eigenvalue weighted by atomic mass is 10.2. The van der Waals surface area contributed by atoms with Gasteiger partial charge in [-0.15, -0.1) is 0 Å². The van der Waals surface area contributed by atoms with Crippen LogP contribution in [-0.4, -0.2) is 23.9 Å². The Morgan fingerprint density at radius 3 is 2.62 bits per heavy atom. The van der Waals surface area contributed by atoms with E-state index < -0.39 is 17.7 Å². The summed E-state index contributed by atoms with van der Waals surface area (Å²) in [5.74, 6) is -1.59. The van der Waals surface area contributed by atoms with Gasteiger partial charge >= 0.3 is 0 Å². The van der Waals surface area contributed by atoms with E-state index in [1.54, 1.807) is 6.92 Å². The third-order valence-corrected chi connectivity index (χ3v) is 2.19. The molecule has 0 aliphatic carbocycles. The Labute approximate surface area is 92.8 Å². The van der Waals surface area contributed by atoms with Gasteiger partial charge in [-0.05, 0) is 13.0 Å². The van der Waals surface area contributed by atoms with Gasteiger partial charge in [0.15, 0.2) is 0 Å². The third kappa shape index (κ3) is 3.00. The maximum Gasteiger partial charge on any atom is 0.239 e. The number of halogens is 2. The van der Waals surface area contributed by atoms with Gasteiger partial charge in [0, 0.05) is 25.2 Å². The monoisotopic (exact) mass is 228 g/mol. The smallest absolute Gasteiger partial charge is 0.239 e. The fraction of sp³-hybridized carbons (Fsp3) is 0.364. The van der Waals surface area contributed by atoms with E-state index in [1.165, 1.54) is 18.0 Å². The fourth-order valence-corrected chi connectivity index (χ4v) is 1.33. The van der Waals surface area contributed by atoms with Crippen LogP contribution in [-0.2, 0) is 11.3 Å². The fourth-order valence-electron chi connectivity index (χ4n) is 1.33. The molecule has 0 aliphatic rings. The van der Waals surface area contributed by atoms with Gasteiger partial charge in [0.25, 0.3) is 0 Å². The molecule has 0 spiro atoms. The van der Waals surface area contributed by atoms with Crippen LogP contribution in [0.1, 0.15) is 12.5 Å². The zero-order valence-electron chi connectivity index (χ0n) is 9.21. The molecule has 0 heterocycles. The van der Waals surface area contributed by atoms with Crippen molar-refractivity contribution in [2.24, 2.45) is 5.73 Å². The third-order valence-electron chi connectivity index (χ3n) is 2.19. The molecule has 3 nitrogen and oxygen atoms in total. The van der Waals surface area contributed by atoms with Gasteiger partial charge in [-0.2, -0.15) is 0 Å². The molecule has 0 saturated carbocycles. The normalized spacial score (nSPS) is 12.3. The van der Waals surface area contributed by atoms with Gasteiger partial charge < -0.3 is 10.6 Å². The molecule has 5 heteroatoms. The number of benzene rings is 1. The van der Waals surface area contributed by atoms with Crippen molar-refractivity contribution >= 4 is 5.91 Å². The van der Waals surface area contributed by atoms with Crippen LogP contribution in [0.4, 0.5) is 8.78 Å². The molecule has 0 radical (unpaired) electrons. The SMILES string of the molecule is C[C@@H](N)C(=O)N(C)Cc1ccc(F)cc1F. The van der Waals surface area contributed by atoms with Crippen LogP contribution in [0.5, 0.6) is 0 Å². The van der Waals surface area contributed by atoms with Crippen molar-refractivity contribution in [2.75, 3.05) is 7.05 Å².